The first-order chi connectivity index (χ1) is 14.3. The highest BCUT2D eigenvalue weighted by molar-refractivity contribution is 7.99. The zero-order valence-corrected chi connectivity index (χ0v) is 18.3. The van der Waals surface area contributed by atoms with Gasteiger partial charge in [0.05, 0.1) is 10.6 Å². The van der Waals surface area contributed by atoms with Gasteiger partial charge in [-0.3, -0.25) is 4.79 Å². The fourth-order valence-corrected chi connectivity index (χ4v) is 5.21. The van der Waals surface area contributed by atoms with Crippen LogP contribution >= 0.6 is 11.8 Å². The highest BCUT2D eigenvalue weighted by Crippen LogP contribution is 2.21. The molecule has 0 aromatic heterocycles. The van der Waals surface area contributed by atoms with Crippen molar-refractivity contribution in [2.45, 2.75) is 35.3 Å². The van der Waals surface area contributed by atoms with Crippen molar-refractivity contribution in [2.75, 3.05) is 5.75 Å². The first-order valence-corrected chi connectivity index (χ1v) is 12.2. The maximum absolute atomic E-state index is 13.8. The van der Waals surface area contributed by atoms with E-state index in [1.165, 1.54) is 35.9 Å². The van der Waals surface area contributed by atoms with Crippen molar-refractivity contribution in [3.63, 3.8) is 0 Å². The van der Waals surface area contributed by atoms with Gasteiger partial charge in [-0.15, -0.1) is 11.8 Å². The van der Waals surface area contributed by atoms with E-state index in [4.69, 9.17) is 0 Å². The zero-order valence-electron chi connectivity index (χ0n) is 16.7. The molecule has 3 aromatic rings. The van der Waals surface area contributed by atoms with Gasteiger partial charge < -0.3 is 0 Å². The number of Topliss-reactive ketones (excluding diaryl/α,β-unsaturated/α-hetero) is 1. The smallest absolute Gasteiger partial charge is 0.182 e. The van der Waals surface area contributed by atoms with E-state index < -0.39 is 21.4 Å². The molecule has 6 heteroatoms. The van der Waals surface area contributed by atoms with Crippen LogP contribution in [0.1, 0.15) is 23.1 Å². The van der Waals surface area contributed by atoms with Gasteiger partial charge in [0.15, 0.2) is 9.84 Å². The van der Waals surface area contributed by atoms with Crippen LogP contribution < -0.4 is 0 Å². The Morgan fingerprint density at radius 1 is 0.933 bits per heavy atom. The van der Waals surface area contributed by atoms with Crippen molar-refractivity contribution in [3.05, 3.63) is 95.3 Å². The van der Waals surface area contributed by atoms with Gasteiger partial charge in [0.2, 0.25) is 0 Å². The zero-order chi connectivity index (χ0) is 21.6. The molecule has 0 atom stereocenters. The molecule has 0 saturated heterocycles. The molecule has 30 heavy (non-hydrogen) atoms. The topological polar surface area (TPSA) is 51.2 Å². The van der Waals surface area contributed by atoms with Crippen LogP contribution in [0.5, 0.6) is 0 Å². The van der Waals surface area contributed by atoms with E-state index in [0.29, 0.717) is 12.2 Å². The lowest BCUT2D eigenvalue weighted by atomic mass is 10.1. The fourth-order valence-electron chi connectivity index (χ4n) is 2.95. The molecular formula is C24H23FO3S2. The van der Waals surface area contributed by atoms with Gasteiger partial charge in [-0.25, -0.2) is 12.8 Å². The Morgan fingerprint density at radius 2 is 1.60 bits per heavy atom. The first kappa shape index (κ1) is 22.2. The number of rotatable bonds is 9. The van der Waals surface area contributed by atoms with Crippen molar-refractivity contribution in [1.29, 1.82) is 0 Å². The fraction of sp³-hybridized carbons (Fsp3) is 0.208. The van der Waals surface area contributed by atoms with Crippen LogP contribution in [0.3, 0.4) is 0 Å². The van der Waals surface area contributed by atoms with Crippen molar-refractivity contribution in [3.8, 4) is 0 Å². The number of hydrogen-bond acceptors (Lipinski definition) is 4. The highest BCUT2D eigenvalue weighted by atomic mass is 32.2. The lowest BCUT2D eigenvalue weighted by molar-refractivity contribution is -0.118. The van der Waals surface area contributed by atoms with E-state index in [1.807, 2.05) is 31.2 Å². The quantitative estimate of drug-likeness (QED) is 0.416. The van der Waals surface area contributed by atoms with Crippen LogP contribution in [0.25, 0.3) is 0 Å². The third-order valence-electron chi connectivity index (χ3n) is 4.66. The number of halogens is 1. The highest BCUT2D eigenvalue weighted by Gasteiger charge is 2.17. The number of benzene rings is 3. The van der Waals surface area contributed by atoms with E-state index in [2.05, 4.69) is 0 Å². The van der Waals surface area contributed by atoms with Crippen molar-refractivity contribution >= 4 is 27.4 Å². The third-order valence-corrected chi connectivity index (χ3v) is 7.35. The summed E-state index contributed by atoms with van der Waals surface area (Å²) in [6, 6.07) is 20.3. The molecule has 0 heterocycles. The lowest BCUT2D eigenvalue weighted by Gasteiger charge is -2.07. The molecule has 0 aliphatic heterocycles. The van der Waals surface area contributed by atoms with Crippen LogP contribution in [0.15, 0.2) is 82.6 Å². The molecule has 0 saturated carbocycles. The SMILES string of the molecule is Cc1ccc(SCCC(=O)Cc2ccc(S(=O)(=O)Cc3ccccc3F)cc2)cc1. The number of carbonyl (C=O) groups excluding carboxylic acids is 1. The van der Waals surface area contributed by atoms with Crippen molar-refractivity contribution in [1.82, 2.24) is 0 Å². The van der Waals surface area contributed by atoms with Gasteiger partial charge in [-0.2, -0.15) is 0 Å². The first-order valence-electron chi connectivity index (χ1n) is 9.60. The van der Waals surface area contributed by atoms with Crippen molar-refractivity contribution in [2.24, 2.45) is 0 Å². The average molecular weight is 443 g/mol. The minimum Gasteiger partial charge on any atom is -0.299 e. The number of carbonyl (C=O) groups is 1. The number of sulfone groups is 1. The molecule has 3 aromatic carbocycles. The van der Waals surface area contributed by atoms with Gasteiger partial charge in [-0.05, 0) is 42.8 Å². The molecule has 0 unspecified atom stereocenters. The Bertz CT molecular complexity index is 1110. The van der Waals surface area contributed by atoms with Crippen molar-refractivity contribution < 1.29 is 17.6 Å². The minimum absolute atomic E-state index is 0.108. The van der Waals surface area contributed by atoms with Crippen LogP contribution in [-0.4, -0.2) is 20.0 Å². The summed E-state index contributed by atoms with van der Waals surface area (Å²) in [5, 5.41) is 0. The molecular weight excluding hydrogens is 419 g/mol. The summed E-state index contributed by atoms with van der Waals surface area (Å²) in [5.41, 5.74) is 2.11. The predicted molar refractivity (Wildman–Crippen MR) is 119 cm³/mol. The summed E-state index contributed by atoms with van der Waals surface area (Å²) < 4.78 is 38.9. The maximum Gasteiger partial charge on any atom is 0.182 e. The standard InChI is InChI=1S/C24H23FO3S2/c1-18-6-10-22(11-7-18)29-15-14-21(26)16-19-8-12-23(13-9-19)30(27,28)17-20-4-2-3-5-24(20)25/h2-13H,14-17H2,1H3. The second-order valence-corrected chi connectivity index (χ2v) is 10.3. The molecule has 0 amide bonds. The number of aryl methyl sites for hydroxylation is 1. The third kappa shape index (κ3) is 6.28. The van der Waals surface area contributed by atoms with Crippen LogP contribution in [-0.2, 0) is 26.8 Å². The second kappa shape index (κ2) is 10.0. The summed E-state index contributed by atoms with van der Waals surface area (Å²) in [4.78, 5) is 13.5. The van der Waals surface area contributed by atoms with Crippen LogP contribution in [0.2, 0.25) is 0 Å². The molecule has 3 rings (SSSR count). The second-order valence-electron chi connectivity index (χ2n) is 7.12. The number of thioether (sulfide) groups is 1. The largest absolute Gasteiger partial charge is 0.299 e. The molecule has 0 fully saturated rings. The molecule has 0 aliphatic carbocycles. The van der Waals surface area contributed by atoms with Crippen LogP contribution in [0.4, 0.5) is 4.39 Å². The van der Waals surface area contributed by atoms with Gasteiger partial charge in [0.25, 0.3) is 0 Å². The number of ketones is 1. The Hall–Kier alpha value is -2.44. The molecule has 0 radical (unpaired) electrons. The van der Waals surface area contributed by atoms with E-state index in [-0.39, 0.29) is 22.7 Å². The Morgan fingerprint density at radius 3 is 2.27 bits per heavy atom. The van der Waals surface area contributed by atoms with E-state index in [1.54, 1.807) is 30.0 Å². The normalized spacial score (nSPS) is 11.4. The lowest BCUT2D eigenvalue weighted by Crippen LogP contribution is -2.07. The van der Waals surface area contributed by atoms with Gasteiger partial charge >= 0.3 is 0 Å². The maximum atomic E-state index is 13.8. The monoisotopic (exact) mass is 442 g/mol. The van der Waals surface area contributed by atoms with E-state index >= 15 is 0 Å². The predicted octanol–water partition coefficient (Wildman–Crippen LogP) is 5.40. The molecule has 156 valence electrons. The summed E-state index contributed by atoms with van der Waals surface area (Å²) in [5.74, 6) is -0.117. The van der Waals surface area contributed by atoms with Gasteiger partial charge in [-0.1, -0.05) is 48.0 Å². The Kier molecular flexibility index (Phi) is 7.45. The molecule has 0 spiro atoms. The molecule has 0 N–H and O–H groups in total. The Balaban J connectivity index is 1.54. The van der Waals surface area contributed by atoms with Gasteiger partial charge in [0, 0.05) is 29.1 Å². The molecule has 3 nitrogen and oxygen atoms in total. The minimum atomic E-state index is -3.66. The summed E-state index contributed by atoms with van der Waals surface area (Å²) in [6.45, 7) is 2.04. The molecule has 0 bridgehead atoms. The average Bonchev–Trinajstić information content (AvgIpc) is 2.71. The molecule has 0 aliphatic rings. The summed E-state index contributed by atoms with van der Waals surface area (Å²) in [7, 11) is -3.66. The number of hydrogen-bond donors (Lipinski definition) is 0. The Labute approximate surface area is 181 Å². The van der Waals surface area contributed by atoms with Crippen LogP contribution in [0, 0.1) is 12.7 Å². The summed E-state index contributed by atoms with van der Waals surface area (Å²) >= 11 is 1.65. The summed E-state index contributed by atoms with van der Waals surface area (Å²) in [6.07, 6.45) is 0.716. The van der Waals surface area contributed by atoms with E-state index in [9.17, 15) is 17.6 Å². The van der Waals surface area contributed by atoms with Gasteiger partial charge in [0.1, 0.15) is 11.6 Å². The van der Waals surface area contributed by atoms with E-state index in [0.717, 1.165) is 10.5 Å².